The molecular weight excluding hydrogens is 416 g/mol. The maximum absolute atomic E-state index is 13.1. The lowest BCUT2D eigenvalue weighted by molar-refractivity contribution is 0.361. The third-order valence-electron chi connectivity index (χ3n) is 6.14. The van der Waals surface area contributed by atoms with E-state index in [-0.39, 0.29) is 16.7 Å². The van der Waals surface area contributed by atoms with Gasteiger partial charge in [0.1, 0.15) is 0 Å². The van der Waals surface area contributed by atoms with Crippen molar-refractivity contribution in [3.63, 3.8) is 0 Å². The average molecular weight is 443 g/mol. The normalized spacial score (nSPS) is 18.7. The van der Waals surface area contributed by atoms with Gasteiger partial charge in [-0.1, -0.05) is 25.0 Å². The van der Waals surface area contributed by atoms with Crippen LogP contribution in [0.4, 0.5) is 5.69 Å². The Labute approximate surface area is 181 Å². The fourth-order valence-corrected chi connectivity index (χ4v) is 5.72. The summed E-state index contributed by atoms with van der Waals surface area (Å²) in [6.07, 6.45) is 4.44. The molecule has 8 nitrogen and oxygen atoms in total. The van der Waals surface area contributed by atoms with Crippen molar-refractivity contribution in [1.82, 2.24) is 14.5 Å². The fourth-order valence-electron chi connectivity index (χ4n) is 4.38. The van der Waals surface area contributed by atoms with Crippen molar-refractivity contribution < 1.29 is 17.3 Å². The first-order valence-electron chi connectivity index (χ1n) is 10.8. The molecule has 3 heterocycles. The van der Waals surface area contributed by atoms with Crippen molar-refractivity contribution >= 4 is 15.7 Å². The summed E-state index contributed by atoms with van der Waals surface area (Å²) in [5.41, 5.74) is 2.31. The molecule has 1 aromatic carbocycles. The Kier molecular flexibility index (Phi) is 5.31. The van der Waals surface area contributed by atoms with Gasteiger partial charge in [0, 0.05) is 37.8 Å². The number of benzene rings is 1. The molecule has 0 atom stereocenters. The van der Waals surface area contributed by atoms with Crippen molar-refractivity contribution in [3.05, 3.63) is 47.9 Å². The Morgan fingerprint density at radius 2 is 1.74 bits per heavy atom. The molecule has 2 aromatic heterocycles. The van der Waals surface area contributed by atoms with Crippen LogP contribution in [0.3, 0.4) is 0 Å². The smallest absolute Gasteiger partial charge is 0.283 e. The Morgan fingerprint density at radius 3 is 2.48 bits per heavy atom. The van der Waals surface area contributed by atoms with Gasteiger partial charge in [0.15, 0.2) is 5.76 Å². The van der Waals surface area contributed by atoms with Gasteiger partial charge in [0.05, 0.1) is 0 Å². The molecule has 31 heavy (non-hydrogen) atoms. The summed E-state index contributed by atoms with van der Waals surface area (Å²) in [6.45, 7) is 4.12. The van der Waals surface area contributed by atoms with Crippen LogP contribution in [0.5, 0.6) is 0 Å². The molecule has 1 aliphatic carbocycles. The van der Waals surface area contributed by atoms with Gasteiger partial charge in [-0.25, -0.2) is 8.42 Å². The lowest BCUT2D eigenvalue weighted by atomic mass is 10.1. The Bertz CT molecular complexity index is 1160. The third-order valence-corrected chi connectivity index (χ3v) is 7.91. The zero-order valence-electron chi connectivity index (χ0n) is 17.5. The second-order valence-electron chi connectivity index (χ2n) is 8.28. The van der Waals surface area contributed by atoms with Crippen LogP contribution in [-0.2, 0) is 10.0 Å². The fraction of sp³-hybridized carbons (Fsp3) is 0.455. The van der Waals surface area contributed by atoms with Crippen LogP contribution in [0.1, 0.15) is 43.1 Å². The van der Waals surface area contributed by atoms with E-state index in [0.717, 1.165) is 18.5 Å². The van der Waals surface area contributed by atoms with Crippen LogP contribution in [-0.4, -0.2) is 49.1 Å². The Hall–Kier alpha value is -2.65. The predicted octanol–water partition coefficient (Wildman–Crippen LogP) is 3.81. The average Bonchev–Trinajstić information content (AvgIpc) is 3.55. The van der Waals surface area contributed by atoms with E-state index in [0.29, 0.717) is 38.0 Å². The summed E-state index contributed by atoms with van der Waals surface area (Å²) in [5.74, 6) is 1.42. The van der Waals surface area contributed by atoms with Crippen LogP contribution in [0.15, 0.2) is 50.3 Å². The summed E-state index contributed by atoms with van der Waals surface area (Å²) in [4.78, 5) is 2.20. The number of hydrogen-bond donors (Lipinski definition) is 0. The number of piperazine rings is 1. The first-order chi connectivity index (χ1) is 15.0. The molecule has 0 N–H and O–H groups in total. The molecule has 0 unspecified atom stereocenters. The van der Waals surface area contributed by atoms with Crippen LogP contribution < -0.4 is 4.90 Å². The van der Waals surface area contributed by atoms with Gasteiger partial charge in [0.2, 0.25) is 11.0 Å². The summed E-state index contributed by atoms with van der Waals surface area (Å²) in [7, 11) is -3.72. The minimum atomic E-state index is -3.72. The molecule has 2 fully saturated rings. The van der Waals surface area contributed by atoms with E-state index in [4.69, 9.17) is 8.83 Å². The topological polar surface area (TPSA) is 92.7 Å². The first kappa shape index (κ1) is 20.3. The molecule has 3 aromatic rings. The van der Waals surface area contributed by atoms with Gasteiger partial charge < -0.3 is 13.7 Å². The maximum Gasteiger partial charge on any atom is 0.283 e. The monoisotopic (exact) mass is 442 g/mol. The molecular formula is C22H26N4O4S. The highest BCUT2D eigenvalue weighted by Crippen LogP contribution is 2.35. The molecule has 1 saturated heterocycles. The van der Waals surface area contributed by atoms with Crippen molar-refractivity contribution in [2.45, 2.75) is 43.6 Å². The van der Waals surface area contributed by atoms with E-state index in [1.54, 1.807) is 6.07 Å². The lowest BCUT2D eigenvalue weighted by Crippen LogP contribution is -2.48. The second-order valence-corrected chi connectivity index (χ2v) is 10.1. The number of anilines is 1. The lowest BCUT2D eigenvalue weighted by Gasteiger charge is -2.35. The van der Waals surface area contributed by atoms with Gasteiger partial charge >= 0.3 is 0 Å². The van der Waals surface area contributed by atoms with Crippen molar-refractivity contribution in [3.8, 4) is 11.7 Å². The van der Waals surface area contributed by atoms with Crippen molar-refractivity contribution in [1.29, 1.82) is 0 Å². The van der Waals surface area contributed by atoms with E-state index in [1.165, 1.54) is 28.8 Å². The predicted molar refractivity (Wildman–Crippen MR) is 115 cm³/mol. The van der Waals surface area contributed by atoms with E-state index >= 15 is 0 Å². The summed E-state index contributed by atoms with van der Waals surface area (Å²) >= 11 is 0. The Balaban J connectivity index is 1.28. The van der Waals surface area contributed by atoms with Crippen LogP contribution >= 0.6 is 0 Å². The number of sulfonamides is 1. The molecule has 0 radical (unpaired) electrons. The number of aryl methyl sites for hydroxylation is 1. The highest BCUT2D eigenvalue weighted by molar-refractivity contribution is 7.89. The standard InChI is InChI=1S/C22H26N4O4S/c1-16-5-4-8-18(15-16)25-11-13-26(14-12-25)31(27,28)20-10-9-19(29-20)22-24-23-21(30-22)17-6-2-3-7-17/h4-5,8-10,15,17H,2-3,6-7,11-14H2,1H3. The number of rotatable bonds is 5. The zero-order chi connectivity index (χ0) is 21.4. The number of hydrogen-bond acceptors (Lipinski definition) is 7. The molecule has 9 heteroatoms. The van der Waals surface area contributed by atoms with Crippen LogP contribution in [0.2, 0.25) is 0 Å². The summed E-state index contributed by atoms with van der Waals surface area (Å²) in [5, 5.41) is 8.11. The first-order valence-corrected chi connectivity index (χ1v) is 12.2. The second kappa shape index (κ2) is 8.12. The molecule has 1 saturated carbocycles. The number of aromatic nitrogens is 2. The van der Waals surface area contributed by atoms with E-state index < -0.39 is 10.0 Å². The maximum atomic E-state index is 13.1. The van der Waals surface area contributed by atoms with E-state index in [2.05, 4.69) is 40.2 Å². The molecule has 2 aliphatic rings. The molecule has 0 spiro atoms. The highest BCUT2D eigenvalue weighted by atomic mass is 32.2. The highest BCUT2D eigenvalue weighted by Gasteiger charge is 2.32. The number of nitrogens with zero attached hydrogens (tertiary/aromatic N) is 4. The summed E-state index contributed by atoms with van der Waals surface area (Å²) in [6, 6.07) is 11.3. The molecule has 0 bridgehead atoms. The van der Waals surface area contributed by atoms with Gasteiger partial charge in [-0.3, -0.25) is 0 Å². The van der Waals surface area contributed by atoms with Crippen molar-refractivity contribution in [2.75, 3.05) is 31.1 Å². The van der Waals surface area contributed by atoms with E-state index in [9.17, 15) is 8.42 Å². The van der Waals surface area contributed by atoms with Gasteiger partial charge in [0.25, 0.3) is 15.9 Å². The van der Waals surface area contributed by atoms with E-state index in [1.807, 2.05) is 6.07 Å². The quantitative estimate of drug-likeness (QED) is 0.593. The van der Waals surface area contributed by atoms with Gasteiger partial charge in [-0.05, 0) is 49.6 Å². The van der Waals surface area contributed by atoms with Gasteiger partial charge in [-0.2, -0.15) is 4.31 Å². The molecule has 1 aliphatic heterocycles. The molecule has 5 rings (SSSR count). The molecule has 0 amide bonds. The minimum Gasteiger partial charge on any atom is -0.438 e. The number of furan rings is 1. The zero-order valence-corrected chi connectivity index (χ0v) is 18.3. The van der Waals surface area contributed by atoms with Crippen molar-refractivity contribution in [2.24, 2.45) is 0 Å². The Morgan fingerprint density at radius 1 is 0.968 bits per heavy atom. The largest absolute Gasteiger partial charge is 0.438 e. The van der Waals surface area contributed by atoms with Gasteiger partial charge in [-0.15, -0.1) is 10.2 Å². The summed E-state index contributed by atoms with van der Waals surface area (Å²) < 4.78 is 39.1. The van der Waals surface area contributed by atoms with Crippen LogP contribution in [0.25, 0.3) is 11.7 Å². The SMILES string of the molecule is Cc1cccc(N2CCN(S(=O)(=O)c3ccc(-c4nnc(C5CCCC5)o4)o3)CC2)c1. The van der Waals surface area contributed by atoms with Crippen LogP contribution in [0, 0.1) is 6.92 Å². The molecule has 164 valence electrons. The third kappa shape index (κ3) is 3.99. The minimum absolute atomic E-state index is 0.0906.